The van der Waals surface area contributed by atoms with E-state index in [9.17, 15) is 0 Å². The molecule has 0 radical (unpaired) electrons. The van der Waals surface area contributed by atoms with E-state index in [1.54, 1.807) is 0 Å². The van der Waals surface area contributed by atoms with Crippen molar-refractivity contribution < 1.29 is 0 Å². The fourth-order valence-corrected chi connectivity index (χ4v) is 3.39. The van der Waals surface area contributed by atoms with Crippen molar-refractivity contribution in [1.29, 1.82) is 0 Å². The molecule has 0 spiro atoms. The smallest absolute Gasteiger partial charge is 0.108 e. The van der Waals surface area contributed by atoms with E-state index in [1.807, 2.05) is 6.20 Å². The van der Waals surface area contributed by atoms with Gasteiger partial charge in [-0.3, -0.25) is 0 Å². The van der Waals surface area contributed by atoms with E-state index < -0.39 is 0 Å². The average molecular weight is 249 g/mol. The molecular weight excluding hydrogens is 222 g/mol. The monoisotopic (exact) mass is 249 g/mol. The molecule has 18 heavy (non-hydrogen) atoms. The number of aryl methyl sites for hydroxylation is 1. The maximum atomic E-state index is 4.54. The molecule has 1 aromatic heterocycles. The van der Waals surface area contributed by atoms with Gasteiger partial charge in [-0.25, -0.2) is 4.98 Å². The standard InChI is InChI=1S/C15H27N3/c1-4-18-8-7-17-15(18)10-14-9-12(2)5-6-13(14)11-16-3/h7-8,12-14,16H,4-6,9-11H2,1-3H3. The van der Waals surface area contributed by atoms with Gasteiger partial charge in [-0.15, -0.1) is 0 Å². The van der Waals surface area contributed by atoms with Crippen LogP contribution in [0.3, 0.4) is 0 Å². The second-order valence-electron chi connectivity index (χ2n) is 5.83. The van der Waals surface area contributed by atoms with Gasteiger partial charge in [0.05, 0.1) is 0 Å². The van der Waals surface area contributed by atoms with Gasteiger partial charge in [-0.1, -0.05) is 13.3 Å². The van der Waals surface area contributed by atoms with Crippen LogP contribution in [0.5, 0.6) is 0 Å². The first-order valence-electron chi connectivity index (χ1n) is 7.39. The predicted octanol–water partition coefficient (Wildman–Crippen LogP) is 2.72. The molecule has 0 aromatic carbocycles. The quantitative estimate of drug-likeness (QED) is 0.869. The number of imidazole rings is 1. The third-order valence-electron chi connectivity index (χ3n) is 4.46. The van der Waals surface area contributed by atoms with Crippen molar-refractivity contribution in [2.75, 3.05) is 13.6 Å². The molecule has 3 unspecified atom stereocenters. The molecule has 1 heterocycles. The zero-order chi connectivity index (χ0) is 13.0. The maximum absolute atomic E-state index is 4.54. The molecule has 3 heteroatoms. The summed E-state index contributed by atoms with van der Waals surface area (Å²) in [5.74, 6) is 3.79. The van der Waals surface area contributed by atoms with E-state index in [-0.39, 0.29) is 0 Å². The number of nitrogens with zero attached hydrogens (tertiary/aromatic N) is 2. The van der Waals surface area contributed by atoms with Gasteiger partial charge in [0, 0.05) is 25.4 Å². The molecule has 1 aliphatic rings. The van der Waals surface area contributed by atoms with Gasteiger partial charge in [0.15, 0.2) is 0 Å². The maximum Gasteiger partial charge on any atom is 0.108 e. The van der Waals surface area contributed by atoms with E-state index in [4.69, 9.17) is 0 Å². The molecule has 0 bridgehead atoms. The predicted molar refractivity (Wildman–Crippen MR) is 75.5 cm³/mol. The minimum atomic E-state index is 0.800. The summed E-state index contributed by atoms with van der Waals surface area (Å²) in [5, 5.41) is 3.36. The minimum absolute atomic E-state index is 0.800. The Kier molecular flexibility index (Phi) is 4.81. The fraction of sp³-hybridized carbons (Fsp3) is 0.800. The van der Waals surface area contributed by atoms with Gasteiger partial charge in [-0.2, -0.15) is 0 Å². The lowest BCUT2D eigenvalue weighted by molar-refractivity contribution is 0.183. The Morgan fingerprint density at radius 1 is 1.39 bits per heavy atom. The number of aromatic nitrogens is 2. The summed E-state index contributed by atoms with van der Waals surface area (Å²) in [6.07, 6.45) is 9.33. The van der Waals surface area contributed by atoms with Crippen LogP contribution in [0.4, 0.5) is 0 Å². The molecule has 0 aliphatic heterocycles. The molecule has 1 aromatic rings. The Balaban J connectivity index is 2.04. The van der Waals surface area contributed by atoms with Crippen molar-refractivity contribution in [3.8, 4) is 0 Å². The summed E-state index contributed by atoms with van der Waals surface area (Å²) >= 11 is 0. The number of hydrogen-bond donors (Lipinski definition) is 1. The number of hydrogen-bond acceptors (Lipinski definition) is 2. The van der Waals surface area contributed by atoms with Crippen LogP contribution in [0.2, 0.25) is 0 Å². The summed E-state index contributed by atoms with van der Waals surface area (Å²) in [5.41, 5.74) is 0. The van der Waals surface area contributed by atoms with Crippen LogP contribution < -0.4 is 5.32 Å². The van der Waals surface area contributed by atoms with Crippen LogP contribution in [0.1, 0.15) is 38.9 Å². The Morgan fingerprint density at radius 3 is 2.94 bits per heavy atom. The molecule has 1 fully saturated rings. The summed E-state index contributed by atoms with van der Waals surface area (Å²) in [7, 11) is 2.07. The van der Waals surface area contributed by atoms with Crippen LogP contribution in [-0.2, 0) is 13.0 Å². The highest BCUT2D eigenvalue weighted by Gasteiger charge is 2.29. The SMILES string of the molecule is CCn1ccnc1CC1CC(C)CCC1CNC. The van der Waals surface area contributed by atoms with E-state index >= 15 is 0 Å². The van der Waals surface area contributed by atoms with Gasteiger partial charge in [0.1, 0.15) is 5.82 Å². The van der Waals surface area contributed by atoms with Crippen LogP contribution in [-0.4, -0.2) is 23.1 Å². The minimum Gasteiger partial charge on any atom is -0.335 e. The van der Waals surface area contributed by atoms with E-state index in [2.05, 4.69) is 42.0 Å². The van der Waals surface area contributed by atoms with Gasteiger partial charge in [0.25, 0.3) is 0 Å². The zero-order valence-electron chi connectivity index (χ0n) is 12.0. The first-order chi connectivity index (χ1) is 8.74. The third kappa shape index (κ3) is 3.14. The molecule has 1 N–H and O–H groups in total. The first-order valence-corrected chi connectivity index (χ1v) is 7.39. The molecule has 2 rings (SSSR count). The summed E-state index contributed by atoms with van der Waals surface area (Å²) in [6.45, 7) is 6.78. The molecule has 1 saturated carbocycles. The zero-order valence-corrected chi connectivity index (χ0v) is 12.0. The molecule has 1 aliphatic carbocycles. The van der Waals surface area contributed by atoms with Crippen LogP contribution in [0.25, 0.3) is 0 Å². The van der Waals surface area contributed by atoms with Crippen molar-refractivity contribution in [2.45, 2.75) is 46.1 Å². The second kappa shape index (κ2) is 6.37. The molecule has 3 nitrogen and oxygen atoms in total. The van der Waals surface area contributed by atoms with Crippen molar-refractivity contribution in [3.63, 3.8) is 0 Å². The number of rotatable bonds is 5. The Morgan fingerprint density at radius 2 is 2.22 bits per heavy atom. The summed E-state index contributed by atoms with van der Waals surface area (Å²) in [4.78, 5) is 4.54. The lowest BCUT2D eigenvalue weighted by Gasteiger charge is -2.34. The molecular formula is C15H27N3. The van der Waals surface area contributed by atoms with E-state index in [1.165, 1.54) is 25.1 Å². The lowest BCUT2D eigenvalue weighted by atomic mass is 9.73. The highest BCUT2D eigenvalue weighted by molar-refractivity contribution is 4.96. The molecule has 102 valence electrons. The van der Waals surface area contributed by atoms with E-state index in [0.29, 0.717) is 0 Å². The van der Waals surface area contributed by atoms with Crippen molar-refractivity contribution in [2.24, 2.45) is 17.8 Å². The fourth-order valence-electron chi connectivity index (χ4n) is 3.39. The van der Waals surface area contributed by atoms with Crippen LogP contribution in [0.15, 0.2) is 12.4 Å². The number of nitrogens with one attached hydrogen (secondary N) is 1. The normalized spacial score (nSPS) is 28.5. The molecule has 3 atom stereocenters. The lowest BCUT2D eigenvalue weighted by Crippen LogP contribution is -2.33. The largest absolute Gasteiger partial charge is 0.335 e. The summed E-state index contributed by atoms with van der Waals surface area (Å²) < 4.78 is 2.29. The average Bonchev–Trinajstić information content (AvgIpc) is 2.80. The first kappa shape index (κ1) is 13.6. The van der Waals surface area contributed by atoms with Gasteiger partial charge >= 0.3 is 0 Å². The summed E-state index contributed by atoms with van der Waals surface area (Å²) in [6, 6.07) is 0. The van der Waals surface area contributed by atoms with Crippen molar-refractivity contribution in [1.82, 2.24) is 14.9 Å². The Hall–Kier alpha value is -0.830. The highest BCUT2D eigenvalue weighted by atomic mass is 15.1. The van der Waals surface area contributed by atoms with Crippen molar-refractivity contribution in [3.05, 3.63) is 18.2 Å². The Labute approximate surface area is 111 Å². The van der Waals surface area contributed by atoms with Crippen LogP contribution >= 0.6 is 0 Å². The van der Waals surface area contributed by atoms with Crippen molar-refractivity contribution >= 4 is 0 Å². The third-order valence-corrected chi connectivity index (χ3v) is 4.46. The Bertz CT molecular complexity index is 358. The van der Waals surface area contributed by atoms with Gasteiger partial charge < -0.3 is 9.88 Å². The van der Waals surface area contributed by atoms with Gasteiger partial charge in [0.2, 0.25) is 0 Å². The topological polar surface area (TPSA) is 29.9 Å². The molecule has 0 saturated heterocycles. The second-order valence-corrected chi connectivity index (χ2v) is 5.83. The van der Waals surface area contributed by atoms with E-state index in [0.717, 1.165) is 37.3 Å². The molecule has 0 amide bonds. The van der Waals surface area contributed by atoms with Gasteiger partial charge in [-0.05, 0) is 51.1 Å². The van der Waals surface area contributed by atoms with Crippen LogP contribution in [0, 0.1) is 17.8 Å². The highest BCUT2D eigenvalue weighted by Crippen LogP contribution is 2.35.